The van der Waals surface area contributed by atoms with Gasteiger partial charge in [0.15, 0.2) is 0 Å². The maximum Gasteiger partial charge on any atom is 0.128 e. The second kappa shape index (κ2) is 8.64. The first-order chi connectivity index (χ1) is 8.22. The number of hydrogen-bond acceptors (Lipinski definition) is 2. The molecule has 1 heterocycles. The molecule has 1 aliphatic rings. The summed E-state index contributed by atoms with van der Waals surface area (Å²) >= 11 is 0. The number of piperazine rings is 1. The van der Waals surface area contributed by atoms with Crippen molar-refractivity contribution in [1.82, 2.24) is 10.2 Å². The molecule has 0 amide bonds. The summed E-state index contributed by atoms with van der Waals surface area (Å²) in [6.07, 6.45) is 0. The number of rotatable bonds is 3. The minimum Gasteiger partial charge on any atom is -0.314 e. The quantitative estimate of drug-likeness (QED) is 0.922. The molecule has 0 bridgehead atoms. The molecule has 1 aliphatic heterocycles. The zero-order valence-electron chi connectivity index (χ0n) is 10.2. The average molecular weight is 317 g/mol. The van der Waals surface area contributed by atoms with E-state index in [1.54, 1.807) is 0 Å². The van der Waals surface area contributed by atoms with Crippen LogP contribution >= 0.6 is 24.8 Å². The van der Waals surface area contributed by atoms with Gasteiger partial charge in [-0.3, -0.25) is 4.90 Å². The maximum atomic E-state index is 13.6. The van der Waals surface area contributed by atoms with Gasteiger partial charge in [-0.2, -0.15) is 0 Å². The summed E-state index contributed by atoms with van der Waals surface area (Å²) in [6, 6.07) is 2.50. The van der Waals surface area contributed by atoms with E-state index in [0.29, 0.717) is 13.1 Å². The van der Waals surface area contributed by atoms with E-state index in [4.69, 9.17) is 0 Å². The molecule has 7 heteroatoms. The van der Waals surface area contributed by atoms with E-state index in [9.17, 15) is 13.2 Å². The molecule has 110 valence electrons. The fourth-order valence-corrected chi connectivity index (χ4v) is 2.14. The molecular formula is C12H17Cl2F3N2. The Kier molecular flexibility index (Phi) is 8.41. The predicted octanol–water partition coefficient (Wildman–Crippen LogP) is 2.72. The Labute approximate surface area is 123 Å². The molecule has 2 rings (SSSR count). The van der Waals surface area contributed by atoms with E-state index in [1.807, 2.05) is 4.90 Å². The Bertz CT molecular complexity index is 387. The van der Waals surface area contributed by atoms with Gasteiger partial charge in [-0.1, -0.05) is 0 Å². The van der Waals surface area contributed by atoms with Crippen LogP contribution in [0.5, 0.6) is 0 Å². The van der Waals surface area contributed by atoms with E-state index in [-0.39, 0.29) is 30.4 Å². The van der Waals surface area contributed by atoms with Gasteiger partial charge in [0.05, 0.1) is 6.04 Å². The van der Waals surface area contributed by atoms with Crippen LogP contribution in [0.4, 0.5) is 13.2 Å². The maximum absolute atomic E-state index is 13.6. The van der Waals surface area contributed by atoms with Crippen LogP contribution in [0.2, 0.25) is 0 Å². The Morgan fingerprint density at radius 2 is 1.79 bits per heavy atom. The predicted molar refractivity (Wildman–Crippen MR) is 74.0 cm³/mol. The molecule has 1 atom stereocenters. The lowest BCUT2D eigenvalue weighted by Gasteiger charge is -2.33. The fourth-order valence-electron chi connectivity index (χ4n) is 2.14. The van der Waals surface area contributed by atoms with Gasteiger partial charge in [0.25, 0.3) is 0 Å². The fraction of sp³-hybridized carbons (Fsp3) is 0.500. The molecule has 0 spiro atoms. The third kappa shape index (κ3) is 4.53. The van der Waals surface area contributed by atoms with Crippen LogP contribution < -0.4 is 5.32 Å². The Hall–Kier alpha value is -0.490. The van der Waals surface area contributed by atoms with Crippen molar-refractivity contribution in [2.45, 2.75) is 6.04 Å². The van der Waals surface area contributed by atoms with Crippen molar-refractivity contribution in [2.24, 2.45) is 0 Å². The monoisotopic (exact) mass is 316 g/mol. The number of alkyl halides is 1. The van der Waals surface area contributed by atoms with Crippen molar-refractivity contribution >= 4 is 24.8 Å². The van der Waals surface area contributed by atoms with Gasteiger partial charge in [0, 0.05) is 31.7 Å². The molecule has 0 aliphatic carbocycles. The SMILES string of the molecule is Cl.Cl.FC[C@H](c1cc(F)ccc1F)N1CCNCC1. The van der Waals surface area contributed by atoms with E-state index in [1.165, 1.54) is 0 Å². The van der Waals surface area contributed by atoms with Gasteiger partial charge < -0.3 is 5.32 Å². The summed E-state index contributed by atoms with van der Waals surface area (Å²) in [5.74, 6) is -1.08. The van der Waals surface area contributed by atoms with Crippen molar-refractivity contribution in [3.63, 3.8) is 0 Å². The molecule has 0 radical (unpaired) electrons. The van der Waals surface area contributed by atoms with Crippen molar-refractivity contribution in [3.8, 4) is 0 Å². The topological polar surface area (TPSA) is 15.3 Å². The summed E-state index contributed by atoms with van der Waals surface area (Å²) in [6.45, 7) is 2.07. The van der Waals surface area contributed by atoms with E-state index >= 15 is 0 Å². The van der Waals surface area contributed by atoms with Gasteiger partial charge in [-0.15, -0.1) is 24.8 Å². The second-order valence-corrected chi connectivity index (χ2v) is 4.12. The zero-order valence-corrected chi connectivity index (χ0v) is 11.9. The molecule has 1 N–H and O–H groups in total. The number of benzene rings is 1. The lowest BCUT2D eigenvalue weighted by atomic mass is 10.0. The second-order valence-electron chi connectivity index (χ2n) is 4.12. The summed E-state index contributed by atoms with van der Waals surface area (Å²) < 4.78 is 39.8. The minimum atomic E-state index is -0.708. The van der Waals surface area contributed by atoms with Crippen LogP contribution in [0.3, 0.4) is 0 Å². The molecular weight excluding hydrogens is 300 g/mol. The van der Waals surface area contributed by atoms with Crippen molar-refractivity contribution in [1.29, 1.82) is 0 Å². The van der Waals surface area contributed by atoms with Crippen LogP contribution in [0.1, 0.15) is 11.6 Å². The van der Waals surface area contributed by atoms with Crippen LogP contribution in [-0.2, 0) is 0 Å². The zero-order chi connectivity index (χ0) is 12.3. The Morgan fingerprint density at radius 3 is 2.37 bits per heavy atom. The van der Waals surface area contributed by atoms with Gasteiger partial charge in [-0.25, -0.2) is 13.2 Å². The van der Waals surface area contributed by atoms with Gasteiger partial charge in [0.1, 0.15) is 18.3 Å². The third-order valence-electron chi connectivity index (χ3n) is 3.06. The van der Waals surface area contributed by atoms with Crippen LogP contribution in [-0.4, -0.2) is 37.8 Å². The lowest BCUT2D eigenvalue weighted by molar-refractivity contribution is 0.144. The highest BCUT2D eigenvalue weighted by atomic mass is 35.5. The Balaban J connectivity index is 0.00000162. The van der Waals surface area contributed by atoms with Crippen LogP contribution in [0.15, 0.2) is 18.2 Å². The van der Waals surface area contributed by atoms with Gasteiger partial charge >= 0.3 is 0 Å². The largest absolute Gasteiger partial charge is 0.314 e. The summed E-state index contributed by atoms with van der Waals surface area (Å²) in [5, 5.41) is 3.14. The number of hydrogen-bond donors (Lipinski definition) is 1. The summed E-state index contributed by atoms with van der Waals surface area (Å²) in [4.78, 5) is 1.84. The van der Waals surface area contributed by atoms with Crippen LogP contribution in [0, 0.1) is 11.6 Å². The summed E-state index contributed by atoms with van der Waals surface area (Å²) in [7, 11) is 0. The normalized spacial score (nSPS) is 17.2. The van der Waals surface area contributed by atoms with Crippen LogP contribution in [0.25, 0.3) is 0 Å². The highest BCUT2D eigenvalue weighted by Gasteiger charge is 2.24. The molecule has 0 unspecified atom stereocenters. The number of nitrogens with zero attached hydrogens (tertiary/aromatic N) is 1. The van der Waals surface area contributed by atoms with Crippen molar-refractivity contribution < 1.29 is 13.2 Å². The van der Waals surface area contributed by atoms with E-state index < -0.39 is 24.4 Å². The standard InChI is InChI=1S/C12H15F3N2.2ClH/c13-8-12(17-5-3-16-4-6-17)10-7-9(14)1-2-11(10)15;;/h1-2,7,12,16H,3-6,8H2;2*1H/t12-;;/m1../s1. The first-order valence-electron chi connectivity index (χ1n) is 5.68. The third-order valence-corrected chi connectivity index (χ3v) is 3.06. The molecule has 1 aromatic carbocycles. The number of nitrogens with one attached hydrogen (secondary N) is 1. The lowest BCUT2D eigenvalue weighted by Crippen LogP contribution is -2.45. The highest BCUT2D eigenvalue weighted by Crippen LogP contribution is 2.25. The smallest absolute Gasteiger partial charge is 0.128 e. The molecule has 1 saturated heterocycles. The minimum absolute atomic E-state index is 0. The molecule has 0 saturated carbocycles. The van der Waals surface area contributed by atoms with Gasteiger partial charge in [-0.05, 0) is 18.2 Å². The first-order valence-corrected chi connectivity index (χ1v) is 5.68. The molecule has 0 aromatic heterocycles. The first kappa shape index (κ1) is 18.5. The average Bonchev–Trinajstić information content (AvgIpc) is 2.36. The number of halogens is 5. The van der Waals surface area contributed by atoms with Gasteiger partial charge in [0.2, 0.25) is 0 Å². The highest BCUT2D eigenvalue weighted by molar-refractivity contribution is 5.85. The van der Waals surface area contributed by atoms with Crippen molar-refractivity contribution in [3.05, 3.63) is 35.4 Å². The van der Waals surface area contributed by atoms with E-state index in [0.717, 1.165) is 31.3 Å². The Morgan fingerprint density at radius 1 is 1.16 bits per heavy atom. The molecule has 1 aromatic rings. The van der Waals surface area contributed by atoms with Crippen molar-refractivity contribution in [2.75, 3.05) is 32.9 Å². The summed E-state index contributed by atoms with van der Waals surface area (Å²) in [5.41, 5.74) is 0.106. The molecule has 19 heavy (non-hydrogen) atoms. The molecule has 1 fully saturated rings. The molecule has 2 nitrogen and oxygen atoms in total. The van der Waals surface area contributed by atoms with E-state index in [2.05, 4.69) is 5.32 Å².